The van der Waals surface area contributed by atoms with Crippen LogP contribution in [0.4, 0.5) is 10.2 Å². The number of phenols is 1. The normalized spacial score (nSPS) is 10.6. The number of para-hydroxylation sites is 1. The molecule has 0 radical (unpaired) electrons. The molecule has 128 valence electrons. The number of carbonyl (C=O) groups excluding carboxylic acids is 1. The third-order valence-corrected chi connectivity index (χ3v) is 3.66. The maximum atomic E-state index is 13.7. The van der Waals surface area contributed by atoms with E-state index >= 15 is 0 Å². The van der Waals surface area contributed by atoms with Crippen molar-refractivity contribution in [3.8, 4) is 5.75 Å². The average molecular weight is 340 g/mol. The van der Waals surface area contributed by atoms with Crippen LogP contribution < -0.4 is 10.6 Å². The number of fused-ring (bicyclic) bond motifs is 1. The number of phenolic OH excluding ortho intramolecular Hbond substituents is 1. The molecular formula is C18H17FN4O2. The largest absolute Gasteiger partial charge is 0.508 e. The van der Waals surface area contributed by atoms with Crippen LogP contribution in [0.15, 0.2) is 48.8 Å². The fraction of sp³-hybridized carbons (Fsp3) is 0.167. The number of halogens is 1. The molecule has 2 aromatic carbocycles. The molecule has 0 saturated heterocycles. The number of benzene rings is 2. The van der Waals surface area contributed by atoms with Crippen molar-refractivity contribution in [2.24, 2.45) is 0 Å². The number of nitrogens with zero attached hydrogens (tertiary/aromatic N) is 2. The highest BCUT2D eigenvalue weighted by Gasteiger charge is 2.07. The maximum absolute atomic E-state index is 13.7. The highest BCUT2D eigenvalue weighted by atomic mass is 19.1. The minimum absolute atomic E-state index is 0.0530. The van der Waals surface area contributed by atoms with E-state index in [4.69, 9.17) is 0 Å². The molecule has 0 aliphatic carbocycles. The van der Waals surface area contributed by atoms with Gasteiger partial charge in [-0.3, -0.25) is 4.79 Å². The number of amides is 1. The molecule has 1 heterocycles. The summed E-state index contributed by atoms with van der Waals surface area (Å²) in [6.45, 7) is 1.02. The first-order valence-electron chi connectivity index (χ1n) is 7.85. The predicted molar refractivity (Wildman–Crippen MR) is 93.0 cm³/mol. The summed E-state index contributed by atoms with van der Waals surface area (Å²) in [6.07, 6.45) is 1.97. The Bertz CT molecular complexity index is 901. The first-order chi connectivity index (χ1) is 12.1. The lowest BCUT2D eigenvalue weighted by Crippen LogP contribution is -2.25. The second kappa shape index (κ2) is 7.57. The molecule has 0 saturated carbocycles. The number of hydrogen-bond donors (Lipinski definition) is 3. The number of nitrogens with one attached hydrogen (secondary N) is 2. The summed E-state index contributed by atoms with van der Waals surface area (Å²) in [6, 6.07) is 10.9. The molecule has 7 heteroatoms. The van der Waals surface area contributed by atoms with Gasteiger partial charge in [0.1, 0.15) is 29.2 Å². The summed E-state index contributed by atoms with van der Waals surface area (Å²) < 4.78 is 13.7. The lowest BCUT2D eigenvalue weighted by Gasteiger charge is -2.09. The van der Waals surface area contributed by atoms with Crippen molar-refractivity contribution in [3.63, 3.8) is 0 Å². The lowest BCUT2D eigenvalue weighted by atomic mass is 10.2. The van der Waals surface area contributed by atoms with Gasteiger partial charge in [0, 0.05) is 24.0 Å². The van der Waals surface area contributed by atoms with Crippen LogP contribution in [0.5, 0.6) is 5.75 Å². The Kier molecular flexibility index (Phi) is 5.03. The SMILES string of the molecule is O=C(NCCCNc1ncnc2c(F)cccc12)c1cccc(O)c1. The first kappa shape index (κ1) is 16.6. The standard InChI is InChI=1S/C18H17FN4O2/c19-15-7-2-6-14-16(15)22-11-23-17(14)20-8-3-9-21-18(25)12-4-1-5-13(24)10-12/h1-2,4-7,10-11,24H,3,8-9H2,(H,21,25)(H,20,22,23). The van der Waals surface area contributed by atoms with E-state index in [2.05, 4.69) is 20.6 Å². The van der Waals surface area contributed by atoms with Crippen LogP contribution in [0.3, 0.4) is 0 Å². The zero-order valence-corrected chi connectivity index (χ0v) is 13.4. The molecule has 0 atom stereocenters. The molecule has 0 fully saturated rings. The van der Waals surface area contributed by atoms with Gasteiger partial charge in [0.25, 0.3) is 5.91 Å². The third-order valence-electron chi connectivity index (χ3n) is 3.66. The van der Waals surface area contributed by atoms with Crippen molar-refractivity contribution in [1.29, 1.82) is 0 Å². The highest BCUT2D eigenvalue weighted by molar-refractivity contribution is 5.94. The lowest BCUT2D eigenvalue weighted by molar-refractivity contribution is 0.0953. The third kappa shape index (κ3) is 4.00. The van der Waals surface area contributed by atoms with E-state index in [1.165, 1.54) is 24.5 Å². The van der Waals surface area contributed by atoms with Crippen molar-refractivity contribution in [1.82, 2.24) is 15.3 Å². The van der Waals surface area contributed by atoms with E-state index in [1.807, 2.05) is 0 Å². The minimum atomic E-state index is -0.388. The van der Waals surface area contributed by atoms with Crippen LogP contribution in [0.1, 0.15) is 16.8 Å². The van der Waals surface area contributed by atoms with E-state index in [-0.39, 0.29) is 23.0 Å². The van der Waals surface area contributed by atoms with E-state index in [0.717, 1.165) is 0 Å². The molecule has 25 heavy (non-hydrogen) atoms. The van der Waals surface area contributed by atoms with Crippen LogP contribution in [-0.2, 0) is 0 Å². The van der Waals surface area contributed by atoms with Gasteiger partial charge < -0.3 is 15.7 Å². The second-order valence-electron chi connectivity index (χ2n) is 5.44. The Morgan fingerprint density at radius 3 is 2.80 bits per heavy atom. The zero-order chi connectivity index (χ0) is 17.6. The summed E-state index contributed by atoms with van der Waals surface area (Å²) in [5, 5.41) is 15.9. The highest BCUT2D eigenvalue weighted by Crippen LogP contribution is 2.20. The molecular weight excluding hydrogens is 323 g/mol. The van der Waals surface area contributed by atoms with Crippen molar-refractivity contribution < 1.29 is 14.3 Å². The Morgan fingerprint density at radius 2 is 1.96 bits per heavy atom. The van der Waals surface area contributed by atoms with Gasteiger partial charge in [-0.25, -0.2) is 14.4 Å². The molecule has 3 N–H and O–H groups in total. The van der Waals surface area contributed by atoms with Crippen LogP contribution >= 0.6 is 0 Å². The molecule has 3 rings (SSSR count). The number of aromatic nitrogens is 2. The molecule has 3 aromatic rings. The van der Waals surface area contributed by atoms with Crippen LogP contribution in [0, 0.1) is 5.82 Å². The Labute approximate surface area is 143 Å². The van der Waals surface area contributed by atoms with E-state index in [0.29, 0.717) is 36.3 Å². The van der Waals surface area contributed by atoms with Crippen molar-refractivity contribution in [2.45, 2.75) is 6.42 Å². The van der Waals surface area contributed by atoms with Gasteiger partial charge in [-0.05, 0) is 36.8 Å². The average Bonchev–Trinajstić information content (AvgIpc) is 2.62. The molecule has 6 nitrogen and oxygen atoms in total. The molecule has 0 bridgehead atoms. The van der Waals surface area contributed by atoms with E-state index in [1.54, 1.807) is 24.3 Å². The predicted octanol–water partition coefficient (Wildman–Crippen LogP) is 2.71. The van der Waals surface area contributed by atoms with Gasteiger partial charge in [0.05, 0.1) is 0 Å². The van der Waals surface area contributed by atoms with E-state index < -0.39 is 0 Å². The van der Waals surface area contributed by atoms with Gasteiger partial charge in [0.2, 0.25) is 0 Å². The summed E-state index contributed by atoms with van der Waals surface area (Å²) in [5.74, 6) is -0.0206. The van der Waals surface area contributed by atoms with Crippen molar-refractivity contribution >= 4 is 22.6 Å². The summed E-state index contributed by atoms with van der Waals surface area (Å²) in [5.41, 5.74) is 0.683. The minimum Gasteiger partial charge on any atom is -0.508 e. The van der Waals surface area contributed by atoms with Gasteiger partial charge >= 0.3 is 0 Å². The molecule has 1 aromatic heterocycles. The monoisotopic (exact) mass is 340 g/mol. The Morgan fingerprint density at radius 1 is 1.12 bits per heavy atom. The van der Waals surface area contributed by atoms with Crippen LogP contribution in [0.2, 0.25) is 0 Å². The fourth-order valence-corrected chi connectivity index (χ4v) is 2.44. The molecule has 0 aliphatic rings. The first-order valence-corrected chi connectivity index (χ1v) is 7.85. The number of hydrogen-bond acceptors (Lipinski definition) is 5. The van der Waals surface area contributed by atoms with Gasteiger partial charge in [-0.2, -0.15) is 0 Å². The molecule has 0 aliphatic heterocycles. The molecule has 1 amide bonds. The number of anilines is 1. The van der Waals surface area contributed by atoms with Gasteiger partial charge in [0.15, 0.2) is 0 Å². The van der Waals surface area contributed by atoms with Gasteiger partial charge in [-0.15, -0.1) is 0 Å². The molecule has 0 unspecified atom stereocenters. The van der Waals surface area contributed by atoms with Crippen LogP contribution in [0.25, 0.3) is 10.9 Å². The van der Waals surface area contributed by atoms with Crippen molar-refractivity contribution in [2.75, 3.05) is 18.4 Å². The maximum Gasteiger partial charge on any atom is 0.251 e. The fourth-order valence-electron chi connectivity index (χ4n) is 2.44. The van der Waals surface area contributed by atoms with Crippen molar-refractivity contribution in [3.05, 3.63) is 60.2 Å². The van der Waals surface area contributed by atoms with E-state index in [9.17, 15) is 14.3 Å². The Balaban J connectivity index is 1.51. The quantitative estimate of drug-likeness (QED) is 0.601. The summed E-state index contributed by atoms with van der Waals surface area (Å²) in [7, 11) is 0. The number of aromatic hydroxyl groups is 1. The second-order valence-corrected chi connectivity index (χ2v) is 5.44. The summed E-state index contributed by atoms with van der Waals surface area (Å²) in [4.78, 5) is 20.0. The Hall–Kier alpha value is -3.22. The zero-order valence-electron chi connectivity index (χ0n) is 13.4. The van der Waals surface area contributed by atoms with Crippen LogP contribution in [-0.4, -0.2) is 34.1 Å². The topological polar surface area (TPSA) is 87.1 Å². The number of rotatable bonds is 6. The smallest absolute Gasteiger partial charge is 0.251 e. The summed E-state index contributed by atoms with van der Waals surface area (Å²) >= 11 is 0. The number of carbonyl (C=O) groups is 1. The molecule has 0 spiro atoms. The van der Waals surface area contributed by atoms with Gasteiger partial charge in [-0.1, -0.05) is 12.1 Å².